The summed E-state index contributed by atoms with van der Waals surface area (Å²) in [7, 11) is 0. The third-order valence-corrected chi connectivity index (χ3v) is 9.45. The van der Waals surface area contributed by atoms with Gasteiger partial charge in [-0.2, -0.15) is 0 Å². The number of ether oxygens (including phenoxy) is 4. The monoisotopic (exact) mass is 378 g/mol. The highest BCUT2D eigenvalue weighted by Crippen LogP contribution is 2.69. The summed E-state index contributed by atoms with van der Waals surface area (Å²) >= 11 is 0. The lowest BCUT2D eigenvalue weighted by molar-refractivity contribution is -0.358. The molecule has 0 amide bonds. The normalized spacial score (nSPS) is 57.0. The molecule has 4 nitrogen and oxygen atoms in total. The summed E-state index contributed by atoms with van der Waals surface area (Å²) < 4.78 is 25.6. The van der Waals surface area contributed by atoms with Crippen molar-refractivity contribution in [3.63, 3.8) is 0 Å². The minimum atomic E-state index is -0.452. The summed E-state index contributed by atoms with van der Waals surface area (Å²) in [5, 5.41) is 0. The highest BCUT2D eigenvalue weighted by Gasteiger charge is 2.70. The Balaban J connectivity index is 1.51. The van der Waals surface area contributed by atoms with Gasteiger partial charge in [-0.3, -0.25) is 0 Å². The van der Waals surface area contributed by atoms with Gasteiger partial charge < -0.3 is 18.9 Å². The Kier molecular flexibility index (Phi) is 3.99. The first kappa shape index (κ1) is 18.8. The first-order chi connectivity index (χ1) is 12.7. The minimum Gasteiger partial charge on any atom is -0.378 e. The summed E-state index contributed by atoms with van der Waals surface area (Å²) in [5.74, 6) is 0.751. The number of rotatable bonds is 0. The van der Waals surface area contributed by atoms with E-state index in [-0.39, 0.29) is 22.0 Å². The van der Waals surface area contributed by atoms with Crippen LogP contribution in [-0.4, -0.2) is 42.9 Å². The van der Waals surface area contributed by atoms with Crippen LogP contribution in [0.1, 0.15) is 79.6 Å². The van der Waals surface area contributed by atoms with Gasteiger partial charge in [0.25, 0.3) is 0 Å². The Morgan fingerprint density at radius 1 is 0.852 bits per heavy atom. The molecule has 0 N–H and O–H groups in total. The SMILES string of the molecule is CC1CCC2C3(C)COC(C)(C)OC3CCC2(C)C12CCC1(CCOC1)O2. The van der Waals surface area contributed by atoms with Gasteiger partial charge in [0.15, 0.2) is 5.79 Å². The summed E-state index contributed by atoms with van der Waals surface area (Å²) in [6.07, 6.45) is 8.58. The fraction of sp³-hybridized carbons (Fsp3) is 1.00. The number of fused-ring (bicyclic) bond motifs is 4. The average molecular weight is 379 g/mol. The lowest BCUT2D eigenvalue weighted by Crippen LogP contribution is -2.68. The molecule has 7 atom stereocenters. The molecule has 0 aromatic carbocycles. The van der Waals surface area contributed by atoms with Crippen LogP contribution in [0.2, 0.25) is 0 Å². The van der Waals surface area contributed by atoms with Crippen LogP contribution in [0.25, 0.3) is 0 Å². The van der Waals surface area contributed by atoms with Gasteiger partial charge >= 0.3 is 0 Å². The van der Waals surface area contributed by atoms with Crippen molar-refractivity contribution in [2.24, 2.45) is 22.7 Å². The van der Waals surface area contributed by atoms with E-state index < -0.39 is 5.79 Å². The minimum absolute atomic E-state index is 0.00936. The van der Waals surface area contributed by atoms with Crippen LogP contribution >= 0.6 is 0 Å². The van der Waals surface area contributed by atoms with E-state index in [4.69, 9.17) is 18.9 Å². The van der Waals surface area contributed by atoms with Gasteiger partial charge in [-0.1, -0.05) is 20.8 Å². The molecule has 5 fully saturated rings. The van der Waals surface area contributed by atoms with E-state index in [2.05, 4.69) is 34.6 Å². The van der Waals surface area contributed by atoms with Crippen molar-refractivity contribution in [3.05, 3.63) is 0 Å². The van der Waals surface area contributed by atoms with Crippen LogP contribution in [0.5, 0.6) is 0 Å². The predicted octanol–water partition coefficient (Wildman–Crippen LogP) is 4.70. The molecule has 3 aliphatic heterocycles. The molecule has 0 aromatic rings. The van der Waals surface area contributed by atoms with Gasteiger partial charge in [0.05, 0.1) is 30.5 Å². The second-order valence-electron chi connectivity index (χ2n) is 11.3. The van der Waals surface area contributed by atoms with Crippen LogP contribution in [-0.2, 0) is 18.9 Å². The average Bonchev–Trinajstić information content (AvgIpc) is 3.23. The number of hydrogen-bond donors (Lipinski definition) is 0. The van der Waals surface area contributed by atoms with Crippen LogP contribution in [0.3, 0.4) is 0 Å². The van der Waals surface area contributed by atoms with Crippen molar-refractivity contribution in [3.8, 4) is 0 Å². The van der Waals surface area contributed by atoms with Crippen LogP contribution in [0, 0.1) is 22.7 Å². The highest BCUT2D eigenvalue weighted by molar-refractivity contribution is 5.18. The van der Waals surface area contributed by atoms with E-state index in [1.54, 1.807) is 0 Å². The molecule has 4 heteroatoms. The molecule has 0 bridgehead atoms. The Morgan fingerprint density at radius 2 is 1.67 bits per heavy atom. The summed E-state index contributed by atoms with van der Waals surface area (Å²) in [6, 6.07) is 0. The van der Waals surface area contributed by atoms with Crippen LogP contribution < -0.4 is 0 Å². The molecule has 2 saturated carbocycles. The van der Waals surface area contributed by atoms with E-state index in [1.165, 1.54) is 32.1 Å². The van der Waals surface area contributed by atoms with Gasteiger partial charge in [-0.15, -0.1) is 0 Å². The largest absolute Gasteiger partial charge is 0.378 e. The van der Waals surface area contributed by atoms with Crippen LogP contribution in [0.15, 0.2) is 0 Å². The zero-order valence-corrected chi connectivity index (χ0v) is 17.9. The van der Waals surface area contributed by atoms with Crippen molar-refractivity contribution < 1.29 is 18.9 Å². The van der Waals surface area contributed by atoms with Gasteiger partial charge in [-0.25, -0.2) is 0 Å². The molecule has 154 valence electrons. The Morgan fingerprint density at radius 3 is 2.41 bits per heavy atom. The third-order valence-electron chi connectivity index (χ3n) is 9.45. The van der Waals surface area contributed by atoms with Crippen molar-refractivity contribution in [2.75, 3.05) is 19.8 Å². The molecule has 3 saturated heterocycles. The molecule has 0 aromatic heterocycles. The van der Waals surface area contributed by atoms with E-state index >= 15 is 0 Å². The van der Waals surface area contributed by atoms with Crippen molar-refractivity contribution in [1.29, 1.82) is 0 Å². The standard InChI is InChI=1S/C23H38O4/c1-16-6-7-17-20(4)14-25-19(2,3)26-18(20)8-9-21(17,5)23(16)11-10-22(27-23)12-13-24-15-22/h16-18H,6-15H2,1-5H3. The molecule has 0 radical (unpaired) electrons. The molecule has 3 heterocycles. The zero-order valence-electron chi connectivity index (χ0n) is 17.9. The fourth-order valence-electron chi connectivity index (χ4n) is 7.86. The molecule has 7 unspecified atom stereocenters. The van der Waals surface area contributed by atoms with Gasteiger partial charge in [0.2, 0.25) is 0 Å². The lowest BCUT2D eigenvalue weighted by Gasteiger charge is -2.67. The van der Waals surface area contributed by atoms with E-state index in [9.17, 15) is 0 Å². The first-order valence-electron chi connectivity index (χ1n) is 11.2. The topological polar surface area (TPSA) is 36.9 Å². The Hall–Kier alpha value is -0.160. The number of hydrogen-bond acceptors (Lipinski definition) is 4. The highest BCUT2D eigenvalue weighted by atomic mass is 16.7. The predicted molar refractivity (Wildman–Crippen MR) is 103 cm³/mol. The molecule has 2 spiro atoms. The molecule has 5 rings (SSSR count). The molecule has 2 aliphatic carbocycles. The molecule has 5 aliphatic rings. The van der Waals surface area contributed by atoms with Crippen molar-refractivity contribution >= 4 is 0 Å². The Labute approximate surface area is 164 Å². The van der Waals surface area contributed by atoms with Crippen LogP contribution in [0.4, 0.5) is 0 Å². The maximum absolute atomic E-state index is 7.18. The quantitative estimate of drug-likeness (QED) is 0.612. The summed E-state index contributed by atoms with van der Waals surface area (Å²) in [6.45, 7) is 14.0. The molecule has 27 heavy (non-hydrogen) atoms. The molecular weight excluding hydrogens is 340 g/mol. The fourth-order valence-corrected chi connectivity index (χ4v) is 7.86. The summed E-state index contributed by atoms with van der Waals surface area (Å²) in [5.41, 5.74) is 0.250. The van der Waals surface area contributed by atoms with Gasteiger partial charge in [0, 0.05) is 23.9 Å². The van der Waals surface area contributed by atoms with E-state index in [1.807, 2.05) is 0 Å². The molecular formula is C23H38O4. The lowest BCUT2D eigenvalue weighted by atomic mass is 9.43. The maximum Gasteiger partial charge on any atom is 0.163 e. The van der Waals surface area contributed by atoms with E-state index in [0.29, 0.717) is 17.9 Å². The second kappa shape index (κ2) is 5.71. The summed E-state index contributed by atoms with van der Waals surface area (Å²) in [4.78, 5) is 0. The third kappa shape index (κ3) is 2.42. The second-order valence-corrected chi connectivity index (χ2v) is 11.3. The Bertz CT molecular complexity index is 611. The zero-order chi connectivity index (χ0) is 19.1. The van der Waals surface area contributed by atoms with E-state index in [0.717, 1.165) is 32.7 Å². The van der Waals surface area contributed by atoms with Crippen molar-refractivity contribution in [1.82, 2.24) is 0 Å². The van der Waals surface area contributed by atoms with Gasteiger partial charge in [0.1, 0.15) is 0 Å². The smallest absolute Gasteiger partial charge is 0.163 e. The first-order valence-corrected chi connectivity index (χ1v) is 11.2. The maximum atomic E-state index is 7.18. The van der Waals surface area contributed by atoms with Crippen molar-refractivity contribution in [2.45, 2.75) is 103 Å². The van der Waals surface area contributed by atoms with Gasteiger partial charge in [-0.05, 0) is 64.2 Å².